The zero-order valence-electron chi connectivity index (χ0n) is 8.16. The molecule has 1 aromatic heterocycles. The molecule has 2 N–H and O–H groups in total. The highest BCUT2D eigenvalue weighted by molar-refractivity contribution is 7.89. The van der Waals surface area contributed by atoms with Gasteiger partial charge in [-0.2, -0.15) is 0 Å². The first-order chi connectivity index (χ1) is 6.64. The zero-order chi connectivity index (χ0) is 10.4. The van der Waals surface area contributed by atoms with Crippen LogP contribution in [0.15, 0.2) is 12.4 Å². The van der Waals surface area contributed by atoms with Gasteiger partial charge in [-0.25, -0.2) is 18.1 Å². The summed E-state index contributed by atoms with van der Waals surface area (Å²) in [4.78, 5) is 6.74. The first-order valence-corrected chi connectivity index (χ1v) is 6.25. The number of hydrogen-bond acceptors (Lipinski definition) is 3. The second-order valence-electron chi connectivity index (χ2n) is 3.03. The Labute approximate surface area is 84.0 Å². The molecule has 0 fully saturated rings. The molecule has 1 heterocycles. The van der Waals surface area contributed by atoms with Gasteiger partial charge in [0.15, 0.2) is 0 Å². The van der Waals surface area contributed by atoms with Crippen molar-refractivity contribution in [2.45, 2.75) is 26.3 Å². The van der Waals surface area contributed by atoms with Crippen LogP contribution in [0.4, 0.5) is 0 Å². The van der Waals surface area contributed by atoms with Gasteiger partial charge in [-0.05, 0) is 6.42 Å². The van der Waals surface area contributed by atoms with Crippen LogP contribution < -0.4 is 4.72 Å². The second kappa shape index (κ2) is 5.11. The van der Waals surface area contributed by atoms with Crippen LogP contribution in [0.1, 0.15) is 25.6 Å². The van der Waals surface area contributed by atoms with Crippen molar-refractivity contribution in [3.05, 3.63) is 18.2 Å². The number of unbranched alkanes of at least 4 members (excludes halogenated alkanes) is 1. The van der Waals surface area contributed by atoms with Crippen molar-refractivity contribution in [2.24, 2.45) is 0 Å². The molecule has 1 rings (SSSR count). The minimum absolute atomic E-state index is 0.185. The van der Waals surface area contributed by atoms with Crippen LogP contribution in [-0.2, 0) is 16.6 Å². The maximum absolute atomic E-state index is 11.3. The van der Waals surface area contributed by atoms with Gasteiger partial charge in [0.2, 0.25) is 10.0 Å². The molecule has 6 heteroatoms. The fraction of sp³-hybridized carbons (Fsp3) is 0.625. The summed E-state index contributed by atoms with van der Waals surface area (Å²) in [6.45, 7) is 2.20. The number of H-pyrrole nitrogens is 1. The summed E-state index contributed by atoms with van der Waals surface area (Å²) in [7, 11) is -3.13. The monoisotopic (exact) mass is 217 g/mol. The van der Waals surface area contributed by atoms with Gasteiger partial charge >= 0.3 is 0 Å². The number of hydrogen-bond donors (Lipinski definition) is 2. The lowest BCUT2D eigenvalue weighted by molar-refractivity contribution is 0.576. The predicted octanol–water partition coefficient (Wildman–Crippen LogP) is 0.629. The third-order valence-electron chi connectivity index (χ3n) is 1.78. The van der Waals surface area contributed by atoms with E-state index in [1.54, 1.807) is 12.4 Å². The normalized spacial score (nSPS) is 11.8. The predicted molar refractivity (Wildman–Crippen MR) is 54.1 cm³/mol. The van der Waals surface area contributed by atoms with Crippen LogP contribution in [0.5, 0.6) is 0 Å². The van der Waals surface area contributed by atoms with Crippen LogP contribution in [0.2, 0.25) is 0 Å². The Morgan fingerprint density at radius 3 is 2.93 bits per heavy atom. The molecule has 0 aliphatic carbocycles. The molecule has 0 aliphatic rings. The standard InChI is InChI=1S/C8H15N3O2S/c1-2-3-6-14(12,13)11-7-8-9-4-5-10-8/h4-5,11H,2-3,6-7H2,1H3,(H,9,10). The van der Waals surface area contributed by atoms with E-state index < -0.39 is 10.0 Å². The highest BCUT2D eigenvalue weighted by Crippen LogP contribution is 1.95. The Morgan fingerprint density at radius 2 is 2.36 bits per heavy atom. The van der Waals surface area contributed by atoms with Gasteiger partial charge in [-0.1, -0.05) is 13.3 Å². The van der Waals surface area contributed by atoms with Crippen LogP contribution in [0.25, 0.3) is 0 Å². The lowest BCUT2D eigenvalue weighted by atomic mass is 10.4. The first-order valence-electron chi connectivity index (χ1n) is 4.59. The smallest absolute Gasteiger partial charge is 0.212 e. The van der Waals surface area contributed by atoms with Crippen LogP contribution in [0, 0.1) is 0 Å². The van der Waals surface area contributed by atoms with Crippen LogP contribution >= 0.6 is 0 Å². The average molecular weight is 217 g/mol. The minimum Gasteiger partial charge on any atom is -0.347 e. The Kier molecular flexibility index (Phi) is 4.09. The molecule has 0 radical (unpaired) electrons. The molecule has 0 unspecified atom stereocenters. The summed E-state index contributed by atoms with van der Waals surface area (Å²) in [5.41, 5.74) is 0. The number of sulfonamides is 1. The van der Waals surface area contributed by atoms with Crippen molar-refractivity contribution in [2.75, 3.05) is 5.75 Å². The maximum Gasteiger partial charge on any atom is 0.212 e. The Morgan fingerprint density at radius 1 is 1.57 bits per heavy atom. The van der Waals surface area contributed by atoms with Gasteiger partial charge in [0.25, 0.3) is 0 Å². The molecule has 1 aromatic rings. The van der Waals surface area contributed by atoms with E-state index in [9.17, 15) is 8.42 Å². The summed E-state index contributed by atoms with van der Waals surface area (Å²) < 4.78 is 25.1. The van der Waals surface area contributed by atoms with Crippen molar-refractivity contribution in [1.29, 1.82) is 0 Å². The number of nitrogens with one attached hydrogen (secondary N) is 2. The van der Waals surface area contributed by atoms with E-state index in [1.807, 2.05) is 6.92 Å². The summed E-state index contributed by atoms with van der Waals surface area (Å²) in [6, 6.07) is 0. The van der Waals surface area contributed by atoms with Crippen molar-refractivity contribution in [3.63, 3.8) is 0 Å². The lowest BCUT2D eigenvalue weighted by Crippen LogP contribution is -2.26. The summed E-state index contributed by atoms with van der Waals surface area (Å²) in [5.74, 6) is 0.814. The Balaban J connectivity index is 2.37. The molecule has 0 spiro atoms. The number of aromatic nitrogens is 2. The molecule has 5 nitrogen and oxygen atoms in total. The highest BCUT2D eigenvalue weighted by Gasteiger charge is 2.08. The van der Waals surface area contributed by atoms with Crippen LogP contribution in [0.3, 0.4) is 0 Å². The fourth-order valence-corrected chi connectivity index (χ4v) is 2.15. The second-order valence-corrected chi connectivity index (χ2v) is 4.96. The van der Waals surface area contributed by atoms with Gasteiger partial charge in [0.05, 0.1) is 12.3 Å². The molecule has 0 bridgehead atoms. The fourth-order valence-electron chi connectivity index (χ4n) is 0.979. The molecule has 0 atom stereocenters. The van der Waals surface area contributed by atoms with Gasteiger partial charge in [-0.15, -0.1) is 0 Å². The van der Waals surface area contributed by atoms with Gasteiger partial charge in [-0.3, -0.25) is 0 Å². The van der Waals surface area contributed by atoms with Gasteiger partial charge in [0, 0.05) is 12.4 Å². The molecule has 0 saturated heterocycles. The van der Waals surface area contributed by atoms with Crippen LogP contribution in [-0.4, -0.2) is 24.1 Å². The Bertz CT molecular complexity index is 345. The molecule has 14 heavy (non-hydrogen) atoms. The van der Waals surface area contributed by atoms with E-state index in [1.165, 1.54) is 0 Å². The average Bonchev–Trinajstić information content (AvgIpc) is 2.64. The van der Waals surface area contributed by atoms with E-state index >= 15 is 0 Å². The third-order valence-corrected chi connectivity index (χ3v) is 3.19. The molecule has 0 saturated carbocycles. The van der Waals surface area contributed by atoms with E-state index in [0.29, 0.717) is 12.2 Å². The van der Waals surface area contributed by atoms with Crippen molar-refractivity contribution >= 4 is 10.0 Å². The topological polar surface area (TPSA) is 74.8 Å². The largest absolute Gasteiger partial charge is 0.347 e. The molecule has 80 valence electrons. The number of aromatic amines is 1. The SMILES string of the molecule is CCCCS(=O)(=O)NCc1ncc[nH]1. The van der Waals surface area contributed by atoms with E-state index in [2.05, 4.69) is 14.7 Å². The zero-order valence-corrected chi connectivity index (χ0v) is 8.97. The van der Waals surface area contributed by atoms with E-state index in [0.717, 1.165) is 6.42 Å². The van der Waals surface area contributed by atoms with Gasteiger partial charge in [0.1, 0.15) is 5.82 Å². The Hall–Kier alpha value is -0.880. The number of nitrogens with zero attached hydrogens (tertiary/aromatic N) is 1. The number of rotatable bonds is 6. The van der Waals surface area contributed by atoms with E-state index in [4.69, 9.17) is 0 Å². The molecule has 0 amide bonds. The van der Waals surface area contributed by atoms with Crippen molar-refractivity contribution in [1.82, 2.24) is 14.7 Å². The summed E-state index contributed by atoms with van der Waals surface area (Å²) >= 11 is 0. The first kappa shape index (κ1) is 11.2. The van der Waals surface area contributed by atoms with Crippen molar-refractivity contribution in [3.8, 4) is 0 Å². The number of imidazole rings is 1. The molecular weight excluding hydrogens is 202 g/mol. The summed E-state index contributed by atoms with van der Waals surface area (Å²) in [6.07, 6.45) is 4.82. The minimum atomic E-state index is -3.13. The molecule has 0 aromatic carbocycles. The quantitative estimate of drug-likeness (QED) is 0.734. The highest BCUT2D eigenvalue weighted by atomic mass is 32.2. The van der Waals surface area contributed by atoms with Gasteiger partial charge < -0.3 is 4.98 Å². The lowest BCUT2D eigenvalue weighted by Gasteiger charge is -2.03. The summed E-state index contributed by atoms with van der Waals surface area (Å²) in [5, 5.41) is 0. The maximum atomic E-state index is 11.3. The third kappa shape index (κ3) is 3.89. The van der Waals surface area contributed by atoms with E-state index in [-0.39, 0.29) is 12.3 Å². The molecular formula is C8H15N3O2S. The molecule has 0 aliphatic heterocycles. The van der Waals surface area contributed by atoms with Crippen molar-refractivity contribution < 1.29 is 8.42 Å².